The van der Waals surface area contributed by atoms with Gasteiger partial charge in [0.15, 0.2) is 15.6 Å². The van der Waals surface area contributed by atoms with Crippen molar-refractivity contribution in [2.75, 3.05) is 12.4 Å². The fourth-order valence-electron chi connectivity index (χ4n) is 2.19. The van der Waals surface area contributed by atoms with Crippen LogP contribution in [0, 0.1) is 0 Å². The van der Waals surface area contributed by atoms with Gasteiger partial charge in [0, 0.05) is 16.6 Å². The molecule has 2 atom stereocenters. The van der Waals surface area contributed by atoms with Gasteiger partial charge in [0.2, 0.25) is 0 Å². The second kappa shape index (κ2) is 5.73. The van der Waals surface area contributed by atoms with Crippen molar-refractivity contribution in [1.82, 2.24) is 0 Å². The first kappa shape index (κ1) is 14.7. The predicted octanol–water partition coefficient (Wildman–Crippen LogP) is 2.22. The van der Waals surface area contributed by atoms with Crippen LogP contribution < -0.4 is 0 Å². The van der Waals surface area contributed by atoms with Gasteiger partial charge in [-0.3, -0.25) is 4.79 Å². The summed E-state index contributed by atoms with van der Waals surface area (Å²) in [4.78, 5) is 12.0. The predicted molar refractivity (Wildman–Crippen MR) is 76.1 cm³/mol. The zero-order chi connectivity index (χ0) is 14.0. The highest BCUT2D eigenvalue weighted by Gasteiger charge is 2.36. The minimum atomic E-state index is -3.45. The third-order valence-electron chi connectivity index (χ3n) is 3.27. The number of hydrogen-bond donors (Lipinski definition) is 0. The van der Waals surface area contributed by atoms with Gasteiger partial charge in [0.1, 0.15) is 5.75 Å². The number of ether oxygens (including phenoxy) is 1. The molecule has 0 aliphatic carbocycles. The summed E-state index contributed by atoms with van der Waals surface area (Å²) in [7, 11) is -3.45. The lowest BCUT2D eigenvalue weighted by atomic mass is 10.2. The number of carbonyl (C=O) groups is 1. The highest BCUT2D eigenvalue weighted by Crippen LogP contribution is 2.22. The van der Waals surface area contributed by atoms with Crippen LogP contribution in [0.15, 0.2) is 28.7 Å². The third-order valence-corrected chi connectivity index (χ3v) is 6.00. The molecule has 0 amide bonds. The topological polar surface area (TPSA) is 60.4 Å². The van der Waals surface area contributed by atoms with Crippen LogP contribution in [0.2, 0.25) is 0 Å². The SMILES string of the molecule is CC1OCCC1S(=O)(=O)CC(=O)c1ccc(Br)cc1. The summed E-state index contributed by atoms with van der Waals surface area (Å²) < 4.78 is 30.5. The Morgan fingerprint density at radius 1 is 1.37 bits per heavy atom. The molecule has 1 aromatic rings. The molecule has 0 saturated carbocycles. The van der Waals surface area contributed by atoms with E-state index < -0.39 is 20.8 Å². The van der Waals surface area contributed by atoms with Gasteiger partial charge in [-0.1, -0.05) is 28.1 Å². The van der Waals surface area contributed by atoms with Crippen LogP contribution in [-0.2, 0) is 14.6 Å². The number of sulfone groups is 1. The molecule has 1 fully saturated rings. The van der Waals surface area contributed by atoms with E-state index in [0.29, 0.717) is 18.6 Å². The van der Waals surface area contributed by atoms with Gasteiger partial charge in [-0.25, -0.2) is 8.42 Å². The highest BCUT2D eigenvalue weighted by molar-refractivity contribution is 9.10. The molecule has 0 aromatic heterocycles. The van der Waals surface area contributed by atoms with Gasteiger partial charge < -0.3 is 4.74 Å². The van der Waals surface area contributed by atoms with Crippen molar-refractivity contribution in [1.29, 1.82) is 0 Å². The first-order valence-corrected chi connectivity index (χ1v) is 8.53. The van der Waals surface area contributed by atoms with Gasteiger partial charge in [0.25, 0.3) is 0 Å². The molecule has 2 unspecified atom stereocenters. The Kier molecular flexibility index (Phi) is 4.43. The minimum absolute atomic E-state index is 0.331. The first-order valence-electron chi connectivity index (χ1n) is 6.02. The van der Waals surface area contributed by atoms with E-state index in [1.165, 1.54) is 0 Å². The lowest BCUT2D eigenvalue weighted by Crippen LogP contribution is -2.32. The molecule has 0 N–H and O–H groups in total. The monoisotopic (exact) mass is 346 g/mol. The number of rotatable bonds is 4. The Bertz CT molecular complexity index is 565. The lowest BCUT2D eigenvalue weighted by Gasteiger charge is -2.14. The van der Waals surface area contributed by atoms with Crippen LogP contribution in [0.25, 0.3) is 0 Å². The highest BCUT2D eigenvalue weighted by atomic mass is 79.9. The molecule has 19 heavy (non-hydrogen) atoms. The molecular weight excluding hydrogens is 332 g/mol. The fraction of sp³-hybridized carbons (Fsp3) is 0.462. The number of hydrogen-bond acceptors (Lipinski definition) is 4. The summed E-state index contributed by atoms with van der Waals surface area (Å²) in [5.74, 6) is -0.820. The van der Waals surface area contributed by atoms with Crippen LogP contribution in [0.1, 0.15) is 23.7 Å². The van der Waals surface area contributed by atoms with Gasteiger partial charge in [0.05, 0.1) is 11.4 Å². The summed E-state index contributed by atoms with van der Waals surface area (Å²) in [5.41, 5.74) is 0.415. The van der Waals surface area contributed by atoms with Crippen LogP contribution >= 0.6 is 15.9 Å². The number of Topliss-reactive ketones (excluding diaryl/α,β-unsaturated/α-hetero) is 1. The molecule has 1 heterocycles. The Balaban J connectivity index is 2.12. The van der Waals surface area contributed by atoms with Crippen LogP contribution in [0.3, 0.4) is 0 Å². The Labute approximate surface area is 121 Å². The number of halogens is 1. The van der Waals surface area contributed by atoms with Gasteiger partial charge in [-0.2, -0.15) is 0 Å². The smallest absolute Gasteiger partial charge is 0.177 e. The van der Waals surface area contributed by atoms with E-state index in [2.05, 4.69) is 15.9 Å². The van der Waals surface area contributed by atoms with E-state index >= 15 is 0 Å². The molecule has 0 spiro atoms. The maximum atomic E-state index is 12.2. The van der Waals surface area contributed by atoms with Crippen molar-refractivity contribution >= 4 is 31.6 Å². The summed E-state index contributed by atoms with van der Waals surface area (Å²) in [6.45, 7) is 2.18. The summed E-state index contributed by atoms with van der Waals surface area (Å²) >= 11 is 3.27. The Morgan fingerprint density at radius 2 is 2.00 bits per heavy atom. The van der Waals surface area contributed by atoms with Crippen LogP contribution in [0.4, 0.5) is 0 Å². The quantitative estimate of drug-likeness (QED) is 0.784. The summed E-state index contributed by atoms with van der Waals surface area (Å²) in [6, 6.07) is 6.69. The molecule has 4 nitrogen and oxygen atoms in total. The van der Waals surface area contributed by atoms with Gasteiger partial charge in [-0.15, -0.1) is 0 Å². The molecule has 1 aliphatic heterocycles. The second-order valence-electron chi connectivity index (χ2n) is 4.64. The fourth-order valence-corrected chi connectivity index (χ4v) is 4.32. The van der Waals surface area contributed by atoms with E-state index in [1.54, 1.807) is 31.2 Å². The van der Waals surface area contributed by atoms with Crippen molar-refractivity contribution in [3.63, 3.8) is 0 Å². The lowest BCUT2D eigenvalue weighted by molar-refractivity contribution is 0.102. The largest absolute Gasteiger partial charge is 0.377 e. The van der Waals surface area contributed by atoms with E-state index in [0.717, 1.165) is 4.47 Å². The number of carbonyl (C=O) groups excluding carboxylic acids is 1. The minimum Gasteiger partial charge on any atom is -0.377 e. The summed E-state index contributed by atoms with van der Waals surface area (Å²) in [5, 5.41) is -0.563. The molecule has 2 rings (SSSR count). The first-order chi connectivity index (χ1) is 8.90. The normalized spacial score (nSPS) is 23.5. The molecule has 1 aromatic carbocycles. The maximum absolute atomic E-state index is 12.2. The number of benzene rings is 1. The average molecular weight is 347 g/mol. The van der Waals surface area contributed by atoms with E-state index in [-0.39, 0.29) is 11.9 Å². The van der Waals surface area contributed by atoms with Crippen molar-refractivity contribution in [3.05, 3.63) is 34.3 Å². The van der Waals surface area contributed by atoms with E-state index in [4.69, 9.17) is 4.74 Å². The van der Waals surface area contributed by atoms with E-state index in [1.807, 2.05) is 0 Å². The van der Waals surface area contributed by atoms with Crippen LogP contribution in [-0.4, -0.2) is 37.9 Å². The molecular formula is C13H15BrO4S. The zero-order valence-corrected chi connectivity index (χ0v) is 12.9. The second-order valence-corrected chi connectivity index (χ2v) is 7.78. The third kappa shape index (κ3) is 3.43. The van der Waals surface area contributed by atoms with Crippen molar-refractivity contribution < 1.29 is 17.9 Å². The molecule has 1 aliphatic rings. The van der Waals surface area contributed by atoms with Gasteiger partial charge >= 0.3 is 0 Å². The van der Waals surface area contributed by atoms with Gasteiger partial charge in [-0.05, 0) is 25.5 Å². The summed E-state index contributed by atoms with van der Waals surface area (Å²) in [6.07, 6.45) is 0.139. The number of ketones is 1. The molecule has 1 saturated heterocycles. The average Bonchev–Trinajstić information content (AvgIpc) is 2.76. The maximum Gasteiger partial charge on any atom is 0.177 e. The zero-order valence-electron chi connectivity index (χ0n) is 10.5. The Morgan fingerprint density at radius 3 is 2.53 bits per heavy atom. The standard InChI is InChI=1S/C13H15BrO4S/c1-9-13(6-7-18-9)19(16,17)8-12(15)10-2-4-11(14)5-3-10/h2-5,9,13H,6-8H2,1H3. The molecule has 0 bridgehead atoms. The molecule has 104 valence electrons. The van der Waals surface area contributed by atoms with Crippen molar-refractivity contribution in [3.8, 4) is 0 Å². The van der Waals surface area contributed by atoms with Crippen molar-refractivity contribution in [2.45, 2.75) is 24.7 Å². The molecule has 0 radical (unpaired) electrons. The van der Waals surface area contributed by atoms with Crippen molar-refractivity contribution in [2.24, 2.45) is 0 Å². The Hall–Kier alpha value is -0.720. The molecule has 6 heteroatoms. The van der Waals surface area contributed by atoms with E-state index in [9.17, 15) is 13.2 Å². The van der Waals surface area contributed by atoms with Crippen LogP contribution in [0.5, 0.6) is 0 Å².